The van der Waals surface area contributed by atoms with Crippen LogP contribution in [0.1, 0.15) is 59.7 Å². The van der Waals surface area contributed by atoms with E-state index in [-0.39, 0.29) is 5.41 Å². The summed E-state index contributed by atoms with van der Waals surface area (Å²) in [6, 6.07) is 66.0. The number of hydrogen-bond acceptors (Lipinski definition) is 2. The molecule has 2 nitrogen and oxygen atoms in total. The van der Waals surface area contributed by atoms with Gasteiger partial charge in [0.05, 0.1) is 22.7 Å². The highest BCUT2D eigenvalue weighted by molar-refractivity contribution is 6.29. The lowest BCUT2D eigenvalue weighted by Gasteiger charge is -2.36. The molecule has 64 heavy (non-hydrogen) atoms. The smallest absolute Gasteiger partial charge is 0.0569 e. The van der Waals surface area contributed by atoms with Gasteiger partial charge in [0, 0.05) is 38.7 Å². The van der Waals surface area contributed by atoms with Crippen molar-refractivity contribution >= 4 is 66.4 Å². The molecule has 0 aliphatic carbocycles. The minimum atomic E-state index is -0.00286. The first-order valence-corrected chi connectivity index (χ1v) is 22.7. The van der Waals surface area contributed by atoms with Crippen molar-refractivity contribution in [2.75, 3.05) is 9.80 Å². The first-order chi connectivity index (χ1) is 30.9. The van der Waals surface area contributed by atoms with Gasteiger partial charge in [-0.05, 0) is 131 Å². The quantitative estimate of drug-likeness (QED) is 0.141. The van der Waals surface area contributed by atoms with Gasteiger partial charge in [0.25, 0.3) is 0 Å². The molecule has 0 fully saturated rings. The van der Waals surface area contributed by atoms with Crippen molar-refractivity contribution < 1.29 is 0 Å². The molecule has 0 saturated heterocycles. The minimum Gasteiger partial charge on any atom is -0.309 e. The second kappa shape index (κ2) is 15.9. The Hall–Kier alpha value is -7.16. The van der Waals surface area contributed by atoms with Gasteiger partial charge >= 0.3 is 0 Å². The average Bonchev–Trinajstić information content (AvgIpc) is 3.29. The third-order valence-electron chi connectivity index (χ3n) is 13.3. The topological polar surface area (TPSA) is 6.48 Å². The zero-order valence-electron chi connectivity index (χ0n) is 38.6. The van der Waals surface area contributed by atoms with E-state index in [1.54, 1.807) is 0 Å². The van der Waals surface area contributed by atoms with Crippen molar-refractivity contribution in [3.05, 3.63) is 215 Å². The molecule has 10 aromatic carbocycles. The lowest BCUT2D eigenvalue weighted by Crippen LogP contribution is -2.18. The zero-order chi connectivity index (χ0) is 44.4. The number of nitrogens with zero attached hydrogens (tertiary/aromatic N) is 2. The molecule has 0 aliphatic rings. The van der Waals surface area contributed by atoms with Gasteiger partial charge in [-0.25, -0.2) is 0 Å². The molecule has 0 unspecified atom stereocenters. The fourth-order valence-corrected chi connectivity index (χ4v) is 9.96. The van der Waals surface area contributed by atoms with E-state index in [1.807, 2.05) is 0 Å². The second-order valence-electron chi connectivity index (χ2n) is 19.0. The summed E-state index contributed by atoms with van der Waals surface area (Å²) in [5, 5.41) is 7.55. The maximum Gasteiger partial charge on any atom is 0.0569 e. The highest BCUT2D eigenvalue weighted by atomic mass is 15.2. The normalized spacial score (nSPS) is 11.8. The molecule has 0 atom stereocenters. The van der Waals surface area contributed by atoms with Crippen LogP contribution >= 0.6 is 0 Å². The number of rotatable bonds is 8. The van der Waals surface area contributed by atoms with Crippen LogP contribution in [-0.4, -0.2) is 0 Å². The van der Waals surface area contributed by atoms with Gasteiger partial charge in [-0.1, -0.05) is 178 Å². The third kappa shape index (κ3) is 6.99. The summed E-state index contributed by atoms with van der Waals surface area (Å²) in [4.78, 5) is 5.18. The summed E-state index contributed by atoms with van der Waals surface area (Å²) in [5.74, 6) is 0. The van der Waals surface area contributed by atoms with Crippen LogP contribution < -0.4 is 9.80 Å². The molecule has 0 bridgehead atoms. The molecule has 0 amide bonds. The summed E-state index contributed by atoms with van der Waals surface area (Å²) in [7, 11) is 0. The Bertz CT molecular complexity index is 3160. The molecule has 10 rings (SSSR count). The van der Waals surface area contributed by atoms with Crippen molar-refractivity contribution in [2.24, 2.45) is 0 Å². The van der Waals surface area contributed by atoms with E-state index in [0.717, 1.165) is 11.4 Å². The molecule has 314 valence electrons. The second-order valence-corrected chi connectivity index (χ2v) is 19.0. The Balaban J connectivity index is 1.43. The van der Waals surface area contributed by atoms with Crippen LogP contribution in [0, 0.1) is 41.5 Å². The zero-order valence-corrected chi connectivity index (χ0v) is 38.6. The van der Waals surface area contributed by atoms with Gasteiger partial charge in [0.1, 0.15) is 0 Å². The SMILES string of the molecule is Cc1ccc(C)c(N(c2c(C)cccc2-c2ccccc2)c2cc(N(c3cc(C)ccc3C)c3c(C)cccc3-c3ccccc3)c3ccc4cc(C(C)(C)C)cc5ccc2c3c54)c1. The highest BCUT2D eigenvalue weighted by Crippen LogP contribution is 2.54. The first kappa shape index (κ1) is 40.9. The van der Waals surface area contributed by atoms with E-state index in [9.17, 15) is 0 Å². The largest absolute Gasteiger partial charge is 0.309 e. The van der Waals surface area contributed by atoms with Gasteiger partial charge < -0.3 is 9.80 Å². The Kier molecular flexibility index (Phi) is 10.1. The van der Waals surface area contributed by atoms with E-state index in [4.69, 9.17) is 0 Å². The molecule has 10 aromatic rings. The summed E-state index contributed by atoms with van der Waals surface area (Å²) < 4.78 is 0. The monoisotopic (exact) mass is 828 g/mol. The average molecular weight is 829 g/mol. The molecule has 2 heteroatoms. The summed E-state index contributed by atoms with van der Waals surface area (Å²) >= 11 is 0. The van der Waals surface area contributed by atoms with Gasteiger partial charge in [-0.3, -0.25) is 0 Å². The first-order valence-electron chi connectivity index (χ1n) is 22.7. The van der Waals surface area contributed by atoms with Crippen LogP contribution in [0.5, 0.6) is 0 Å². The molecule has 0 heterocycles. The van der Waals surface area contributed by atoms with Gasteiger partial charge in [0.2, 0.25) is 0 Å². The van der Waals surface area contributed by atoms with Gasteiger partial charge in [0.15, 0.2) is 0 Å². The minimum absolute atomic E-state index is 0.00286. The van der Waals surface area contributed by atoms with Crippen molar-refractivity contribution in [1.82, 2.24) is 0 Å². The van der Waals surface area contributed by atoms with E-state index in [0.29, 0.717) is 0 Å². The lowest BCUT2D eigenvalue weighted by atomic mass is 9.83. The van der Waals surface area contributed by atoms with Crippen molar-refractivity contribution in [1.29, 1.82) is 0 Å². The lowest BCUT2D eigenvalue weighted by molar-refractivity contribution is 0.591. The maximum absolute atomic E-state index is 2.59. The van der Waals surface area contributed by atoms with E-state index < -0.39 is 0 Å². The fourth-order valence-electron chi connectivity index (χ4n) is 9.96. The summed E-state index contributed by atoms with van der Waals surface area (Å²) in [6.45, 7) is 20.4. The number of anilines is 6. The van der Waals surface area contributed by atoms with Gasteiger partial charge in [-0.2, -0.15) is 0 Å². The van der Waals surface area contributed by atoms with E-state index in [2.05, 4.69) is 248 Å². The van der Waals surface area contributed by atoms with Crippen molar-refractivity contribution in [3.8, 4) is 22.3 Å². The van der Waals surface area contributed by atoms with Crippen molar-refractivity contribution in [2.45, 2.75) is 67.7 Å². The summed E-state index contributed by atoms with van der Waals surface area (Å²) in [5.41, 5.74) is 20.4. The maximum atomic E-state index is 2.59. The number of benzene rings is 10. The Morgan fingerprint density at radius 1 is 0.344 bits per heavy atom. The molecule has 0 spiro atoms. The molecular formula is C62H56N2. The van der Waals surface area contributed by atoms with Crippen LogP contribution in [0.4, 0.5) is 34.1 Å². The van der Waals surface area contributed by atoms with Crippen LogP contribution in [0.2, 0.25) is 0 Å². The van der Waals surface area contributed by atoms with Crippen LogP contribution in [0.15, 0.2) is 176 Å². The Labute approximate surface area is 379 Å². The Morgan fingerprint density at radius 2 is 0.781 bits per heavy atom. The van der Waals surface area contributed by atoms with E-state index in [1.165, 1.54) is 116 Å². The van der Waals surface area contributed by atoms with Crippen LogP contribution in [-0.2, 0) is 5.41 Å². The highest BCUT2D eigenvalue weighted by Gasteiger charge is 2.30. The van der Waals surface area contributed by atoms with Crippen LogP contribution in [0.25, 0.3) is 54.6 Å². The van der Waals surface area contributed by atoms with Crippen LogP contribution in [0.3, 0.4) is 0 Å². The molecule has 0 N–H and O–H groups in total. The number of aryl methyl sites for hydroxylation is 6. The van der Waals surface area contributed by atoms with E-state index >= 15 is 0 Å². The third-order valence-corrected chi connectivity index (χ3v) is 13.3. The molecular weight excluding hydrogens is 773 g/mol. The fraction of sp³-hybridized carbons (Fsp3) is 0.161. The molecule has 0 aromatic heterocycles. The van der Waals surface area contributed by atoms with Crippen molar-refractivity contribution in [3.63, 3.8) is 0 Å². The molecule has 0 saturated carbocycles. The molecule has 0 radical (unpaired) electrons. The summed E-state index contributed by atoms with van der Waals surface area (Å²) in [6.07, 6.45) is 0. The number of para-hydroxylation sites is 2. The van der Waals surface area contributed by atoms with Gasteiger partial charge in [-0.15, -0.1) is 0 Å². The Morgan fingerprint density at radius 3 is 1.20 bits per heavy atom. The predicted octanol–water partition coefficient (Wildman–Crippen LogP) is 18.0. The predicted molar refractivity (Wildman–Crippen MR) is 278 cm³/mol. The number of hydrogen-bond donors (Lipinski definition) is 0. The standard InChI is InChI=1S/C62H56N2/c1-39-26-28-41(3)54(34-39)63(60-43(5)18-16-24-50(60)45-20-12-10-13-21-45)56-38-57(53-33-31-48-37-49(62(7,8)9)36-47-30-32-52(56)59(53)58(47)48)64(55-35-40(2)27-29-42(55)4)61-44(6)19-17-25-51(61)46-22-14-11-15-23-46/h10-38H,1-9H3. The molecule has 0 aliphatic heterocycles.